The number of aromatic nitrogens is 2. The molecule has 1 amide bonds. The molecule has 28 heavy (non-hydrogen) atoms. The fourth-order valence-corrected chi connectivity index (χ4v) is 5.57. The number of likely N-dealkylation sites (tertiary alicyclic amines) is 1. The van der Waals surface area contributed by atoms with Crippen LogP contribution in [0.15, 0.2) is 18.3 Å². The minimum Gasteiger partial charge on any atom is -0.334 e. The lowest BCUT2D eigenvalue weighted by atomic mass is 9.65. The number of hydrogen-bond acceptors (Lipinski definition) is 2. The van der Waals surface area contributed by atoms with Crippen molar-refractivity contribution in [3.8, 4) is 0 Å². The number of imidazole rings is 1. The minimum atomic E-state index is -4.47. The van der Waals surface area contributed by atoms with E-state index in [9.17, 15) is 18.0 Å². The molecule has 1 saturated carbocycles. The first-order chi connectivity index (χ1) is 12.9. The molecule has 2 fully saturated rings. The molecule has 0 radical (unpaired) electrons. The molecular weight excluding hydrogens is 367 g/mol. The van der Waals surface area contributed by atoms with E-state index in [0.29, 0.717) is 24.3 Å². The summed E-state index contributed by atoms with van der Waals surface area (Å²) in [7, 11) is 0. The molecular formula is C21H26F3N3O. The topological polar surface area (TPSA) is 37.6 Å². The van der Waals surface area contributed by atoms with Gasteiger partial charge in [0.15, 0.2) is 0 Å². The van der Waals surface area contributed by atoms with E-state index in [-0.39, 0.29) is 28.5 Å². The number of fused-ring (bicyclic) bond motifs is 3. The third kappa shape index (κ3) is 3.08. The summed E-state index contributed by atoms with van der Waals surface area (Å²) in [6.07, 6.45) is -0.0540. The lowest BCUT2D eigenvalue weighted by Crippen LogP contribution is -2.38. The van der Waals surface area contributed by atoms with Gasteiger partial charge in [-0.1, -0.05) is 27.7 Å². The van der Waals surface area contributed by atoms with Gasteiger partial charge in [-0.2, -0.15) is 13.2 Å². The van der Waals surface area contributed by atoms with Crippen molar-refractivity contribution in [1.82, 2.24) is 14.3 Å². The molecule has 3 heterocycles. The van der Waals surface area contributed by atoms with Gasteiger partial charge in [-0.3, -0.25) is 9.20 Å². The van der Waals surface area contributed by atoms with Crippen molar-refractivity contribution in [1.29, 1.82) is 0 Å². The Morgan fingerprint density at radius 3 is 2.61 bits per heavy atom. The molecule has 2 unspecified atom stereocenters. The third-order valence-electron chi connectivity index (χ3n) is 6.23. The number of pyridine rings is 1. The van der Waals surface area contributed by atoms with Gasteiger partial charge in [0.25, 0.3) is 5.91 Å². The lowest BCUT2D eigenvalue weighted by molar-refractivity contribution is -0.137. The fourth-order valence-electron chi connectivity index (χ4n) is 5.57. The summed E-state index contributed by atoms with van der Waals surface area (Å²) in [5.41, 5.74) is 0.645. The molecule has 152 valence electrons. The fraction of sp³-hybridized carbons (Fsp3) is 0.619. The average molecular weight is 393 g/mol. The highest BCUT2D eigenvalue weighted by Crippen LogP contribution is 2.52. The normalized spacial score (nSPS) is 26.8. The first kappa shape index (κ1) is 19.3. The van der Waals surface area contributed by atoms with Gasteiger partial charge < -0.3 is 4.90 Å². The Morgan fingerprint density at radius 1 is 1.25 bits per heavy atom. The maximum absolute atomic E-state index is 13.5. The Balaban J connectivity index is 1.79. The Bertz CT molecular complexity index is 946. The van der Waals surface area contributed by atoms with Crippen LogP contribution in [0.4, 0.5) is 13.2 Å². The molecule has 1 saturated heterocycles. The number of hydrogen-bond donors (Lipinski definition) is 0. The minimum absolute atomic E-state index is 0.0616. The van der Waals surface area contributed by atoms with Crippen molar-refractivity contribution < 1.29 is 18.0 Å². The number of carbonyl (C=O) groups excluding carboxylic acids is 1. The number of amides is 1. The summed E-state index contributed by atoms with van der Waals surface area (Å²) in [5.74, 6) is -0.199. The van der Waals surface area contributed by atoms with Crippen molar-refractivity contribution >= 4 is 11.6 Å². The standard InChI is InChI=1S/C21H26F3N3O/c1-5-15-17(26-10-13(21(22,23)24)6-7-16(26)25-15)18(28)27-12-20(4)9-14(27)8-19(2,3)11-20/h6-7,10,14H,5,8-9,11-12H2,1-4H3. The van der Waals surface area contributed by atoms with Crippen LogP contribution in [0.5, 0.6) is 0 Å². The molecule has 2 aliphatic rings. The molecule has 7 heteroatoms. The molecule has 1 aliphatic heterocycles. The molecule has 4 nitrogen and oxygen atoms in total. The largest absolute Gasteiger partial charge is 0.417 e. The summed E-state index contributed by atoms with van der Waals surface area (Å²) in [6.45, 7) is 9.19. The van der Waals surface area contributed by atoms with Gasteiger partial charge in [-0.05, 0) is 48.6 Å². The van der Waals surface area contributed by atoms with E-state index in [1.54, 1.807) is 0 Å². The van der Waals surface area contributed by atoms with Crippen molar-refractivity contribution in [3.63, 3.8) is 0 Å². The van der Waals surface area contributed by atoms with E-state index >= 15 is 0 Å². The van der Waals surface area contributed by atoms with Gasteiger partial charge in [-0.25, -0.2) is 4.98 Å². The van der Waals surface area contributed by atoms with E-state index in [0.717, 1.165) is 31.5 Å². The second kappa shape index (κ2) is 5.97. The first-order valence-corrected chi connectivity index (χ1v) is 9.82. The quantitative estimate of drug-likeness (QED) is 0.724. The molecule has 1 aliphatic carbocycles. The van der Waals surface area contributed by atoms with E-state index in [1.165, 1.54) is 10.5 Å². The summed E-state index contributed by atoms with van der Waals surface area (Å²) in [4.78, 5) is 19.9. The number of alkyl halides is 3. The van der Waals surface area contributed by atoms with Gasteiger partial charge in [0.05, 0.1) is 11.3 Å². The van der Waals surface area contributed by atoms with Crippen molar-refractivity contribution in [2.24, 2.45) is 10.8 Å². The number of rotatable bonds is 2. The van der Waals surface area contributed by atoms with Crippen LogP contribution in [0.1, 0.15) is 68.7 Å². The van der Waals surface area contributed by atoms with Gasteiger partial charge in [-0.15, -0.1) is 0 Å². The smallest absolute Gasteiger partial charge is 0.334 e. The molecule has 0 aromatic carbocycles. The maximum atomic E-state index is 13.5. The molecule has 0 N–H and O–H groups in total. The SMILES string of the molecule is CCc1nc2ccc(C(F)(F)F)cn2c1C(=O)N1CC2(C)CC1CC(C)(C)C2. The summed E-state index contributed by atoms with van der Waals surface area (Å²) in [6, 6.07) is 2.48. The summed E-state index contributed by atoms with van der Waals surface area (Å²) in [5, 5.41) is 0. The first-order valence-electron chi connectivity index (χ1n) is 9.82. The number of halogens is 3. The lowest BCUT2D eigenvalue weighted by Gasteiger charge is -2.39. The van der Waals surface area contributed by atoms with Crippen LogP contribution < -0.4 is 0 Å². The Kier molecular flexibility index (Phi) is 4.11. The van der Waals surface area contributed by atoms with Crippen LogP contribution in [0, 0.1) is 10.8 Å². The Hall–Kier alpha value is -2.05. The van der Waals surface area contributed by atoms with Gasteiger partial charge in [0, 0.05) is 18.8 Å². The van der Waals surface area contributed by atoms with E-state index < -0.39 is 11.7 Å². The maximum Gasteiger partial charge on any atom is 0.417 e. The zero-order valence-electron chi connectivity index (χ0n) is 16.7. The van der Waals surface area contributed by atoms with Crippen LogP contribution in [0.25, 0.3) is 5.65 Å². The van der Waals surface area contributed by atoms with Crippen LogP contribution in [0.2, 0.25) is 0 Å². The van der Waals surface area contributed by atoms with Gasteiger partial charge >= 0.3 is 6.18 Å². The van der Waals surface area contributed by atoms with Crippen LogP contribution in [0.3, 0.4) is 0 Å². The molecule has 2 aromatic heterocycles. The predicted octanol–water partition coefficient (Wildman–Crippen LogP) is 4.96. The zero-order chi connectivity index (χ0) is 20.5. The second-order valence-electron chi connectivity index (χ2n) is 9.55. The van der Waals surface area contributed by atoms with Gasteiger partial charge in [0.2, 0.25) is 0 Å². The second-order valence-corrected chi connectivity index (χ2v) is 9.55. The van der Waals surface area contributed by atoms with Crippen molar-refractivity contribution in [2.45, 2.75) is 65.6 Å². The van der Waals surface area contributed by atoms with Crippen LogP contribution >= 0.6 is 0 Å². The zero-order valence-corrected chi connectivity index (χ0v) is 16.7. The third-order valence-corrected chi connectivity index (χ3v) is 6.23. The Labute approximate surface area is 162 Å². The van der Waals surface area contributed by atoms with Crippen LogP contribution in [-0.2, 0) is 12.6 Å². The summed E-state index contributed by atoms with van der Waals surface area (Å²) >= 11 is 0. The van der Waals surface area contributed by atoms with Crippen molar-refractivity contribution in [3.05, 3.63) is 35.3 Å². The molecule has 0 spiro atoms. The average Bonchev–Trinajstić information content (AvgIpc) is 3.05. The molecule has 2 aromatic rings. The highest BCUT2D eigenvalue weighted by Gasteiger charge is 2.51. The number of carbonyl (C=O) groups is 1. The number of nitrogens with zero attached hydrogens (tertiary/aromatic N) is 3. The van der Waals surface area contributed by atoms with E-state index in [1.807, 2.05) is 11.8 Å². The highest BCUT2D eigenvalue weighted by atomic mass is 19.4. The molecule has 2 bridgehead atoms. The van der Waals surface area contributed by atoms with E-state index in [4.69, 9.17) is 0 Å². The molecule has 4 rings (SSSR count). The summed E-state index contributed by atoms with van der Waals surface area (Å²) < 4.78 is 41.0. The van der Waals surface area contributed by atoms with Crippen LogP contribution in [-0.4, -0.2) is 32.8 Å². The highest BCUT2D eigenvalue weighted by molar-refractivity contribution is 5.95. The monoisotopic (exact) mass is 393 g/mol. The molecule has 2 atom stereocenters. The van der Waals surface area contributed by atoms with Gasteiger partial charge in [0.1, 0.15) is 11.3 Å². The Morgan fingerprint density at radius 2 is 1.96 bits per heavy atom. The predicted molar refractivity (Wildman–Crippen MR) is 100 cm³/mol. The number of aryl methyl sites for hydroxylation is 1. The van der Waals surface area contributed by atoms with Crippen molar-refractivity contribution in [2.75, 3.05) is 6.54 Å². The van der Waals surface area contributed by atoms with E-state index in [2.05, 4.69) is 25.8 Å².